The molecule has 1 aromatic carbocycles. The first-order chi connectivity index (χ1) is 11.0. The Hall–Kier alpha value is -1.15. The van der Waals surface area contributed by atoms with E-state index in [0.29, 0.717) is 22.4 Å². The standard InChI is InChI=1S/C16H17ClIN3O2/c1-8(2)13(16-20-14(21-23-16)9-3-4-9)19-15(22)11-7-10(17)5-6-12(11)18/h5-9,13H,3-4H2,1-2H3,(H,19,22). The summed E-state index contributed by atoms with van der Waals surface area (Å²) in [5.74, 6) is 1.57. The van der Waals surface area contributed by atoms with E-state index in [1.165, 1.54) is 0 Å². The van der Waals surface area contributed by atoms with Gasteiger partial charge in [-0.05, 0) is 59.5 Å². The maximum Gasteiger partial charge on any atom is 0.253 e. The molecule has 1 fully saturated rings. The van der Waals surface area contributed by atoms with E-state index in [1.54, 1.807) is 12.1 Å². The average Bonchev–Trinajstić information content (AvgIpc) is 3.25. The van der Waals surface area contributed by atoms with Gasteiger partial charge in [-0.1, -0.05) is 30.6 Å². The number of hydrogen-bond donors (Lipinski definition) is 1. The van der Waals surface area contributed by atoms with Crippen molar-refractivity contribution in [3.05, 3.63) is 44.1 Å². The lowest BCUT2D eigenvalue weighted by atomic mass is 10.0. The van der Waals surface area contributed by atoms with Crippen molar-refractivity contribution in [3.63, 3.8) is 0 Å². The molecular formula is C16H17ClIN3O2. The highest BCUT2D eigenvalue weighted by molar-refractivity contribution is 14.1. The molecule has 122 valence electrons. The molecule has 1 unspecified atom stereocenters. The van der Waals surface area contributed by atoms with Gasteiger partial charge in [-0.25, -0.2) is 0 Å². The third-order valence-corrected chi connectivity index (χ3v) is 4.97. The first-order valence-electron chi connectivity index (χ1n) is 7.55. The van der Waals surface area contributed by atoms with Gasteiger partial charge in [-0.2, -0.15) is 4.98 Å². The molecule has 0 spiro atoms. The second kappa shape index (κ2) is 6.76. The molecule has 1 saturated carbocycles. The van der Waals surface area contributed by atoms with E-state index in [9.17, 15) is 4.79 Å². The largest absolute Gasteiger partial charge is 0.340 e. The van der Waals surface area contributed by atoms with E-state index < -0.39 is 0 Å². The number of amides is 1. The number of nitrogens with one attached hydrogen (secondary N) is 1. The summed E-state index contributed by atoms with van der Waals surface area (Å²) in [6.45, 7) is 4.02. The van der Waals surface area contributed by atoms with Crippen LogP contribution in [0.2, 0.25) is 5.02 Å². The van der Waals surface area contributed by atoms with Crippen LogP contribution in [0.3, 0.4) is 0 Å². The van der Waals surface area contributed by atoms with Crippen LogP contribution < -0.4 is 5.32 Å². The Morgan fingerprint density at radius 3 is 2.83 bits per heavy atom. The predicted octanol–water partition coefficient (Wildman–Crippen LogP) is 4.33. The Balaban J connectivity index is 1.81. The predicted molar refractivity (Wildman–Crippen MR) is 95.5 cm³/mol. The van der Waals surface area contributed by atoms with Crippen molar-refractivity contribution >= 4 is 40.1 Å². The minimum Gasteiger partial charge on any atom is -0.340 e. The highest BCUT2D eigenvalue weighted by atomic mass is 127. The summed E-state index contributed by atoms with van der Waals surface area (Å²) in [5.41, 5.74) is 0.547. The van der Waals surface area contributed by atoms with Gasteiger partial charge < -0.3 is 9.84 Å². The molecule has 23 heavy (non-hydrogen) atoms. The summed E-state index contributed by atoms with van der Waals surface area (Å²) in [6.07, 6.45) is 2.22. The lowest BCUT2D eigenvalue weighted by molar-refractivity contribution is 0.0913. The zero-order valence-corrected chi connectivity index (χ0v) is 15.8. The van der Waals surface area contributed by atoms with E-state index in [-0.39, 0.29) is 17.9 Å². The van der Waals surface area contributed by atoms with Gasteiger partial charge in [-0.15, -0.1) is 0 Å². The fourth-order valence-corrected chi connectivity index (χ4v) is 3.04. The van der Waals surface area contributed by atoms with E-state index in [2.05, 4.69) is 38.0 Å². The smallest absolute Gasteiger partial charge is 0.253 e. The minimum atomic E-state index is -0.322. The van der Waals surface area contributed by atoms with Gasteiger partial charge in [0, 0.05) is 14.5 Å². The molecule has 0 radical (unpaired) electrons. The number of benzene rings is 1. The van der Waals surface area contributed by atoms with Gasteiger partial charge in [0.1, 0.15) is 6.04 Å². The average molecular weight is 446 g/mol. The minimum absolute atomic E-state index is 0.128. The normalized spacial score (nSPS) is 15.7. The van der Waals surface area contributed by atoms with Crippen LogP contribution in [-0.4, -0.2) is 16.0 Å². The molecule has 0 bridgehead atoms. The number of hydrogen-bond acceptors (Lipinski definition) is 4. The quantitative estimate of drug-likeness (QED) is 0.696. The van der Waals surface area contributed by atoms with Crippen LogP contribution in [0.4, 0.5) is 0 Å². The van der Waals surface area contributed by atoms with E-state index >= 15 is 0 Å². The number of aromatic nitrogens is 2. The SMILES string of the molecule is CC(C)C(NC(=O)c1cc(Cl)ccc1I)c1nc(C2CC2)no1. The van der Waals surface area contributed by atoms with Gasteiger partial charge in [0.25, 0.3) is 5.91 Å². The molecule has 1 aliphatic carbocycles. The van der Waals surface area contributed by atoms with Crippen LogP contribution >= 0.6 is 34.2 Å². The van der Waals surface area contributed by atoms with Crippen molar-refractivity contribution < 1.29 is 9.32 Å². The Bertz CT molecular complexity index is 728. The van der Waals surface area contributed by atoms with Gasteiger partial charge in [0.15, 0.2) is 5.82 Å². The van der Waals surface area contributed by atoms with Crippen molar-refractivity contribution in [3.8, 4) is 0 Å². The number of rotatable bonds is 5. The number of carbonyl (C=O) groups excluding carboxylic acids is 1. The van der Waals surface area contributed by atoms with Crippen LogP contribution in [0.5, 0.6) is 0 Å². The monoisotopic (exact) mass is 445 g/mol. The van der Waals surface area contributed by atoms with E-state index in [0.717, 1.165) is 22.2 Å². The number of halogens is 2. The van der Waals surface area contributed by atoms with Gasteiger partial charge in [-0.3, -0.25) is 4.79 Å². The van der Waals surface area contributed by atoms with E-state index in [4.69, 9.17) is 16.1 Å². The first kappa shape index (κ1) is 16.7. The summed E-state index contributed by atoms with van der Waals surface area (Å²) in [5, 5.41) is 7.56. The van der Waals surface area contributed by atoms with Crippen LogP contribution in [0.15, 0.2) is 22.7 Å². The third kappa shape index (κ3) is 3.85. The highest BCUT2D eigenvalue weighted by Crippen LogP contribution is 2.38. The highest BCUT2D eigenvalue weighted by Gasteiger charge is 2.31. The zero-order valence-electron chi connectivity index (χ0n) is 12.8. The number of nitrogens with zero attached hydrogens (tertiary/aromatic N) is 2. The van der Waals surface area contributed by atoms with Crippen molar-refractivity contribution in [1.82, 2.24) is 15.5 Å². The summed E-state index contributed by atoms with van der Waals surface area (Å²) >= 11 is 8.12. The Morgan fingerprint density at radius 2 is 2.17 bits per heavy atom. The topological polar surface area (TPSA) is 68.0 Å². The molecule has 1 heterocycles. The molecule has 0 aliphatic heterocycles. The maximum absolute atomic E-state index is 12.6. The summed E-state index contributed by atoms with van der Waals surface area (Å²) in [4.78, 5) is 17.1. The molecule has 1 aliphatic rings. The molecule has 7 heteroatoms. The fraction of sp³-hybridized carbons (Fsp3) is 0.438. The second-order valence-electron chi connectivity index (χ2n) is 6.08. The Kier molecular flexibility index (Phi) is 4.91. The Labute approximate surface area is 153 Å². The van der Waals surface area contributed by atoms with Crippen molar-refractivity contribution in [2.75, 3.05) is 0 Å². The van der Waals surface area contributed by atoms with Crippen LogP contribution in [0.25, 0.3) is 0 Å². The van der Waals surface area contributed by atoms with Gasteiger partial charge in [0.2, 0.25) is 5.89 Å². The molecule has 1 aromatic heterocycles. The number of carbonyl (C=O) groups is 1. The summed E-state index contributed by atoms with van der Waals surface area (Å²) in [6, 6.07) is 4.93. The Morgan fingerprint density at radius 1 is 1.43 bits per heavy atom. The lowest BCUT2D eigenvalue weighted by Gasteiger charge is -2.19. The third-order valence-electron chi connectivity index (χ3n) is 3.79. The lowest BCUT2D eigenvalue weighted by Crippen LogP contribution is -2.32. The van der Waals surface area contributed by atoms with Crippen molar-refractivity contribution in [1.29, 1.82) is 0 Å². The van der Waals surface area contributed by atoms with Crippen molar-refractivity contribution in [2.24, 2.45) is 5.92 Å². The van der Waals surface area contributed by atoms with Crippen LogP contribution in [-0.2, 0) is 0 Å². The van der Waals surface area contributed by atoms with Crippen LogP contribution in [0, 0.1) is 9.49 Å². The molecule has 5 nitrogen and oxygen atoms in total. The van der Waals surface area contributed by atoms with Gasteiger partial charge >= 0.3 is 0 Å². The molecule has 1 N–H and O–H groups in total. The molecule has 2 aromatic rings. The second-order valence-corrected chi connectivity index (χ2v) is 7.68. The first-order valence-corrected chi connectivity index (χ1v) is 9.00. The molecular weight excluding hydrogens is 429 g/mol. The van der Waals surface area contributed by atoms with Gasteiger partial charge in [0.05, 0.1) is 5.56 Å². The summed E-state index contributed by atoms with van der Waals surface area (Å²) < 4.78 is 6.22. The molecule has 1 amide bonds. The fourth-order valence-electron chi connectivity index (χ4n) is 2.28. The molecule has 0 saturated heterocycles. The zero-order chi connectivity index (χ0) is 16.6. The molecule has 1 atom stereocenters. The molecule has 3 rings (SSSR count). The van der Waals surface area contributed by atoms with Crippen LogP contribution in [0.1, 0.15) is 60.7 Å². The van der Waals surface area contributed by atoms with Crippen molar-refractivity contribution in [2.45, 2.75) is 38.6 Å². The summed E-state index contributed by atoms with van der Waals surface area (Å²) in [7, 11) is 0. The van der Waals surface area contributed by atoms with E-state index in [1.807, 2.05) is 19.9 Å². The maximum atomic E-state index is 12.6.